The summed E-state index contributed by atoms with van der Waals surface area (Å²) in [4.78, 5) is 14.5. The average Bonchev–Trinajstić information content (AvgIpc) is 2.93. The van der Waals surface area contributed by atoms with Gasteiger partial charge in [0.15, 0.2) is 0 Å². The molecule has 1 aliphatic heterocycles. The minimum atomic E-state index is 0.0427. The molecule has 4 nitrogen and oxygen atoms in total. The molecule has 0 aromatic heterocycles. The zero-order valence-corrected chi connectivity index (χ0v) is 11.8. The van der Waals surface area contributed by atoms with Gasteiger partial charge in [-0.2, -0.15) is 0 Å². The summed E-state index contributed by atoms with van der Waals surface area (Å²) in [6.07, 6.45) is 3.09. The molecule has 0 radical (unpaired) electrons. The summed E-state index contributed by atoms with van der Waals surface area (Å²) in [5.41, 5.74) is 4.23. The number of hydrogen-bond donors (Lipinski definition) is 1. The van der Waals surface area contributed by atoms with Gasteiger partial charge in [0.1, 0.15) is 0 Å². The molecule has 1 fully saturated rings. The molecule has 1 saturated heterocycles. The van der Waals surface area contributed by atoms with Crippen molar-refractivity contribution in [3.8, 4) is 0 Å². The van der Waals surface area contributed by atoms with Crippen LogP contribution in [0.1, 0.15) is 18.4 Å². The fourth-order valence-corrected chi connectivity index (χ4v) is 2.62. The lowest BCUT2D eigenvalue weighted by Gasteiger charge is -2.27. The van der Waals surface area contributed by atoms with Crippen molar-refractivity contribution in [2.24, 2.45) is 0 Å². The third-order valence-corrected chi connectivity index (χ3v) is 3.85. The minimum absolute atomic E-state index is 0.0427. The first-order valence-corrected chi connectivity index (χ1v) is 6.95. The summed E-state index contributed by atoms with van der Waals surface area (Å²) in [7, 11) is 3.57. The Kier molecular flexibility index (Phi) is 4.93. The fourth-order valence-electron chi connectivity index (χ4n) is 2.62. The molecule has 0 bridgehead atoms. The summed E-state index contributed by atoms with van der Waals surface area (Å²) in [5.74, 6) is 0.174. The second kappa shape index (κ2) is 6.68. The molecule has 1 aromatic carbocycles. The number of carbonyl (C=O) groups is 1. The maximum atomic E-state index is 12.2. The van der Waals surface area contributed by atoms with Gasteiger partial charge in [-0.05, 0) is 31.4 Å². The lowest BCUT2D eigenvalue weighted by Crippen LogP contribution is -2.48. The van der Waals surface area contributed by atoms with Crippen molar-refractivity contribution in [1.82, 2.24) is 15.3 Å². The Morgan fingerprint density at radius 3 is 2.84 bits per heavy atom. The average molecular weight is 261 g/mol. The quantitative estimate of drug-likeness (QED) is 0.811. The maximum absolute atomic E-state index is 12.2. The van der Waals surface area contributed by atoms with Crippen LogP contribution in [0.25, 0.3) is 0 Å². The molecule has 1 heterocycles. The molecule has 4 heteroatoms. The molecule has 0 spiro atoms. The normalized spacial score (nSPS) is 19.6. The van der Waals surface area contributed by atoms with E-state index >= 15 is 0 Å². The highest BCUT2D eigenvalue weighted by Crippen LogP contribution is 2.19. The van der Waals surface area contributed by atoms with Gasteiger partial charge in [-0.25, -0.2) is 5.43 Å². The SMILES string of the molecule is CNN(C)C(=O)[C@H]1CCCN1CCc1ccccc1. The van der Waals surface area contributed by atoms with Crippen molar-refractivity contribution in [2.75, 3.05) is 27.2 Å². The number of likely N-dealkylation sites (tertiary alicyclic amines) is 1. The number of hydrazine groups is 1. The van der Waals surface area contributed by atoms with Crippen molar-refractivity contribution in [3.63, 3.8) is 0 Å². The van der Waals surface area contributed by atoms with Crippen molar-refractivity contribution in [1.29, 1.82) is 0 Å². The summed E-state index contributed by atoms with van der Waals surface area (Å²) in [5, 5.41) is 1.59. The summed E-state index contributed by atoms with van der Waals surface area (Å²) in [6, 6.07) is 10.5. The first-order chi connectivity index (χ1) is 9.22. The monoisotopic (exact) mass is 261 g/mol. The molecule has 1 N–H and O–H groups in total. The summed E-state index contributed by atoms with van der Waals surface area (Å²) in [6.45, 7) is 1.98. The number of nitrogens with zero attached hydrogens (tertiary/aromatic N) is 2. The van der Waals surface area contributed by atoms with Crippen LogP contribution in [0.4, 0.5) is 0 Å². The van der Waals surface area contributed by atoms with Crippen LogP contribution in [0, 0.1) is 0 Å². The van der Waals surface area contributed by atoms with Gasteiger partial charge < -0.3 is 0 Å². The van der Waals surface area contributed by atoms with E-state index in [1.165, 1.54) is 5.56 Å². The van der Waals surface area contributed by atoms with E-state index in [2.05, 4.69) is 34.6 Å². The van der Waals surface area contributed by atoms with Crippen molar-refractivity contribution in [3.05, 3.63) is 35.9 Å². The Labute approximate surface area is 115 Å². The molecule has 104 valence electrons. The number of nitrogens with one attached hydrogen (secondary N) is 1. The number of hydrogen-bond acceptors (Lipinski definition) is 3. The highest BCUT2D eigenvalue weighted by atomic mass is 16.2. The third-order valence-electron chi connectivity index (χ3n) is 3.85. The second-order valence-electron chi connectivity index (χ2n) is 5.05. The van der Waals surface area contributed by atoms with Gasteiger partial charge in [-0.1, -0.05) is 30.3 Å². The van der Waals surface area contributed by atoms with Crippen LogP contribution in [0.5, 0.6) is 0 Å². The lowest BCUT2D eigenvalue weighted by molar-refractivity contribution is -0.137. The maximum Gasteiger partial charge on any atom is 0.253 e. The van der Waals surface area contributed by atoms with E-state index in [0.717, 1.165) is 32.4 Å². The number of amides is 1. The Hall–Kier alpha value is -1.39. The van der Waals surface area contributed by atoms with Crippen molar-refractivity contribution >= 4 is 5.91 Å². The molecule has 1 aliphatic rings. The van der Waals surface area contributed by atoms with Gasteiger partial charge >= 0.3 is 0 Å². The summed E-state index contributed by atoms with van der Waals surface area (Å²) >= 11 is 0. The van der Waals surface area contributed by atoms with Crippen LogP contribution in [0.15, 0.2) is 30.3 Å². The molecule has 0 aliphatic carbocycles. The minimum Gasteiger partial charge on any atom is -0.292 e. The molecular weight excluding hydrogens is 238 g/mol. The first-order valence-electron chi connectivity index (χ1n) is 6.95. The lowest BCUT2D eigenvalue weighted by atomic mass is 10.1. The molecule has 2 rings (SSSR count). The fraction of sp³-hybridized carbons (Fsp3) is 0.533. The van der Waals surface area contributed by atoms with Gasteiger partial charge in [0.2, 0.25) is 0 Å². The molecule has 0 unspecified atom stereocenters. The topological polar surface area (TPSA) is 35.6 Å². The van der Waals surface area contributed by atoms with Crippen molar-refractivity contribution in [2.45, 2.75) is 25.3 Å². The third kappa shape index (κ3) is 3.55. The van der Waals surface area contributed by atoms with Crippen molar-refractivity contribution < 1.29 is 4.79 Å². The zero-order valence-electron chi connectivity index (χ0n) is 11.8. The molecular formula is C15H23N3O. The van der Waals surface area contributed by atoms with E-state index in [4.69, 9.17) is 0 Å². The smallest absolute Gasteiger partial charge is 0.253 e. The predicted octanol–water partition coefficient (Wildman–Crippen LogP) is 1.29. The van der Waals surface area contributed by atoms with E-state index in [0.29, 0.717) is 0 Å². The van der Waals surface area contributed by atoms with E-state index in [1.807, 2.05) is 6.07 Å². The number of carbonyl (C=O) groups excluding carboxylic acids is 1. The van der Waals surface area contributed by atoms with Crippen LogP contribution >= 0.6 is 0 Å². The second-order valence-corrected chi connectivity index (χ2v) is 5.05. The standard InChI is InChI=1S/C15H23N3O/c1-16-17(2)15(19)14-9-6-11-18(14)12-10-13-7-4-3-5-8-13/h3-5,7-8,14,16H,6,9-12H2,1-2H3/t14-/m1/s1. The van der Waals surface area contributed by atoms with Crippen LogP contribution < -0.4 is 5.43 Å². The molecule has 1 aromatic rings. The van der Waals surface area contributed by atoms with Gasteiger partial charge in [0.05, 0.1) is 6.04 Å². The van der Waals surface area contributed by atoms with Crippen LogP contribution in [-0.4, -0.2) is 49.0 Å². The van der Waals surface area contributed by atoms with E-state index in [-0.39, 0.29) is 11.9 Å². The summed E-state index contributed by atoms with van der Waals surface area (Å²) < 4.78 is 0. The predicted molar refractivity (Wildman–Crippen MR) is 76.6 cm³/mol. The first kappa shape index (κ1) is 14.0. The van der Waals surface area contributed by atoms with Gasteiger partial charge in [0.25, 0.3) is 5.91 Å². The van der Waals surface area contributed by atoms with E-state index in [1.54, 1.807) is 19.1 Å². The molecule has 1 amide bonds. The number of likely N-dealkylation sites (N-methyl/N-ethyl adjacent to an activating group) is 1. The van der Waals surface area contributed by atoms with Gasteiger partial charge in [-0.15, -0.1) is 0 Å². The Morgan fingerprint density at radius 2 is 2.16 bits per heavy atom. The highest BCUT2D eigenvalue weighted by Gasteiger charge is 2.31. The zero-order chi connectivity index (χ0) is 13.7. The number of rotatable bonds is 5. The van der Waals surface area contributed by atoms with Crippen LogP contribution in [-0.2, 0) is 11.2 Å². The van der Waals surface area contributed by atoms with E-state index in [9.17, 15) is 4.79 Å². The highest BCUT2D eigenvalue weighted by molar-refractivity contribution is 5.81. The molecule has 19 heavy (non-hydrogen) atoms. The van der Waals surface area contributed by atoms with Crippen LogP contribution in [0.3, 0.4) is 0 Å². The van der Waals surface area contributed by atoms with Crippen LogP contribution in [0.2, 0.25) is 0 Å². The molecule has 0 saturated carbocycles. The largest absolute Gasteiger partial charge is 0.292 e. The Bertz CT molecular complexity index is 407. The molecule has 1 atom stereocenters. The Morgan fingerprint density at radius 1 is 1.42 bits per heavy atom. The van der Waals surface area contributed by atoms with Gasteiger partial charge in [0, 0.05) is 20.6 Å². The Balaban J connectivity index is 1.90. The number of benzene rings is 1. The van der Waals surface area contributed by atoms with E-state index < -0.39 is 0 Å². The van der Waals surface area contributed by atoms with Gasteiger partial charge in [-0.3, -0.25) is 14.7 Å².